The van der Waals surface area contributed by atoms with Crippen LogP contribution in [-0.4, -0.2) is 41.4 Å². The van der Waals surface area contributed by atoms with Gasteiger partial charge >= 0.3 is 0 Å². The molecule has 18 heavy (non-hydrogen) atoms. The first-order valence-corrected chi connectivity index (χ1v) is 6.15. The third-order valence-corrected chi connectivity index (χ3v) is 3.41. The first-order valence-electron chi connectivity index (χ1n) is 5.40. The quantitative estimate of drug-likeness (QED) is 0.823. The molecule has 0 spiro atoms. The predicted octanol–water partition coefficient (Wildman–Crippen LogP) is 1.27. The molecule has 0 aromatic carbocycles. The summed E-state index contributed by atoms with van der Waals surface area (Å²) < 4.78 is 5.08. The van der Waals surface area contributed by atoms with Crippen LogP contribution >= 0.6 is 23.2 Å². The van der Waals surface area contributed by atoms with Gasteiger partial charge in [-0.2, -0.15) is 0 Å². The summed E-state index contributed by atoms with van der Waals surface area (Å²) in [5.41, 5.74) is -0.689. The second-order valence-corrected chi connectivity index (χ2v) is 4.97. The van der Waals surface area contributed by atoms with Crippen molar-refractivity contribution in [2.24, 2.45) is 0 Å². The van der Waals surface area contributed by atoms with Crippen LogP contribution in [-0.2, 0) is 4.74 Å². The van der Waals surface area contributed by atoms with Gasteiger partial charge in [0.2, 0.25) is 0 Å². The summed E-state index contributed by atoms with van der Waals surface area (Å²) >= 11 is 11.4. The molecule has 2 N–H and O–H groups in total. The van der Waals surface area contributed by atoms with Crippen molar-refractivity contribution in [3.63, 3.8) is 0 Å². The molecular formula is C11H12Cl2N2O3. The van der Waals surface area contributed by atoms with Crippen molar-refractivity contribution in [2.45, 2.75) is 12.0 Å². The van der Waals surface area contributed by atoms with Gasteiger partial charge in [0.15, 0.2) is 0 Å². The molecule has 1 saturated heterocycles. The number of rotatable bonds is 3. The van der Waals surface area contributed by atoms with Crippen molar-refractivity contribution >= 4 is 29.1 Å². The number of hydrogen-bond donors (Lipinski definition) is 2. The monoisotopic (exact) mass is 290 g/mol. The molecule has 1 aliphatic rings. The topological polar surface area (TPSA) is 71.5 Å². The minimum Gasteiger partial charge on any atom is -0.386 e. The fourth-order valence-electron chi connectivity index (χ4n) is 1.63. The Labute approximate surface area is 114 Å². The Balaban J connectivity index is 1.97. The number of amides is 1. The molecule has 1 atom stereocenters. The highest BCUT2D eigenvalue weighted by Gasteiger charge is 2.32. The fourth-order valence-corrected chi connectivity index (χ4v) is 1.90. The maximum atomic E-state index is 11.8. The molecule has 2 heterocycles. The normalized spacial score (nSPS) is 23.1. The molecule has 1 unspecified atom stereocenters. The molecule has 0 aliphatic carbocycles. The molecule has 0 saturated carbocycles. The summed E-state index contributed by atoms with van der Waals surface area (Å²) in [7, 11) is 0. The number of carbonyl (C=O) groups excluding carboxylic acids is 1. The van der Waals surface area contributed by atoms with Gasteiger partial charge in [0.1, 0.15) is 10.8 Å². The van der Waals surface area contributed by atoms with E-state index < -0.39 is 5.60 Å². The van der Waals surface area contributed by atoms with Crippen molar-refractivity contribution in [3.05, 3.63) is 28.0 Å². The van der Waals surface area contributed by atoms with Crippen LogP contribution in [0.4, 0.5) is 0 Å². The predicted molar refractivity (Wildman–Crippen MR) is 67.0 cm³/mol. The van der Waals surface area contributed by atoms with E-state index in [2.05, 4.69) is 10.3 Å². The van der Waals surface area contributed by atoms with Crippen LogP contribution in [0.1, 0.15) is 16.8 Å². The summed E-state index contributed by atoms with van der Waals surface area (Å²) in [4.78, 5) is 15.6. The maximum Gasteiger partial charge on any atom is 0.253 e. The van der Waals surface area contributed by atoms with Crippen molar-refractivity contribution in [1.82, 2.24) is 10.3 Å². The summed E-state index contributed by atoms with van der Waals surface area (Å²) in [5.74, 6) is -0.360. The molecule has 1 aromatic rings. The number of aliphatic hydroxyl groups is 1. The molecule has 1 aromatic heterocycles. The Morgan fingerprint density at radius 2 is 2.39 bits per heavy atom. The Morgan fingerprint density at radius 3 is 3.00 bits per heavy atom. The minimum absolute atomic E-state index is 0.131. The van der Waals surface area contributed by atoms with Crippen molar-refractivity contribution < 1.29 is 14.6 Å². The lowest BCUT2D eigenvalue weighted by molar-refractivity contribution is 0.0264. The zero-order valence-corrected chi connectivity index (χ0v) is 11.0. The zero-order valence-electron chi connectivity index (χ0n) is 9.45. The largest absolute Gasteiger partial charge is 0.386 e. The Hall–Kier alpha value is -0.880. The number of carbonyl (C=O) groups is 1. The number of hydrogen-bond acceptors (Lipinski definition) is 4. The Morgan fingerprint density at radius 1 is 1.61 bits per heavy atom. The third-order valence-electron chi connectivity index (χ3n) is 2.72. The van der Waals surface area contributed by atoms with E-state index in [1.165, 1.54) is 12.3 Å². The third kappa shape index (κ3) is 3.11. The molecule has 0 radical (unpaired) electrons. The number of nitrogens with one attached hydrogen (secondary N) is 1. The van der Waals surface area contributed by atoms with Crippen LogP contribution < -0.4 is 5.32 Å². The van der Waals surface area contributed by atoms with E-state index in [0.717, 1.165) is 0 Å². The standard InChI is InChI=1S/C11H12Cl2N2O3/c12-8-3-7(4-14-9(8)13)10(16)15-5-11(17)1-2-18-6-11/h3-4,17H,1-2,5-6H2,(H,15,16). The van der Waals surface area contributed by atoms with Crippen LogP contribution in [0, 0.1) is 0 Å². The molecule has 5 nitrogen and oxygen atoms in total. The highest BCUT2D eigenvalue weighted by molar-refractivity contribution is 6.41. The molecule has 1 aliphatic heterocycles. The fraction of sp³-hybridized carbons (Fsp3) is 0.455. The van der Waals surface area contributed by atoms with Crippen LogP contribution in [0.15, 0.2) is 12.3 Å². The van der Waals surface area contributed by atoms with E-state index in [9.17, 15) is 9.90 Å². The molecular weight excluding hydrogens is 279 g/mol. The number of ether oxygens (including phenoxy) is 1. The SMILES string of the molecule is O=C(NCC1(O)CCOC1)c1cnc(Cl)c(Cl)c1. The van der Waals surface area contributed by atoms with E-state index in [4.69, 9.17) is 27.9 Å². The van der Waals surface area contributed by atoms with Gasteiger partial charge in [-0.25, -0.2) is 4.98 Å². The highest BCUT2D eigenvalue weighted by Crippen LogP contribution is 2.20. The lowest BCUT2D eigenvalue weighted by Crippen LogP contribution is -2.43. The van der Waals surface area contributed by atoms with Crippen LogP contribution in [0.2, 0.25) is 10.2 Å². The van der Waals surface area contributed by atoms with Gasteiger partial charge in [-0.1, -0.05) is 23.2 Å². The molecule has 1 amide bonds. The smallest absolute Gasteiger partial charge is 0.253 e. The second kappa shape index (κ2) is 5.40. The number of pyridine rings is 1. The average molecular weight is 291 g/mol. The molecule has 98 valence electrons. The number of nitrogens with zero attached hydrogens (tertiary/aromatic N) is 1. The minimum atomic E-state index is -0.987. The number of halogens is 2. The van der Waals surface area contributed by atoms with Crippen LogP contribution in [0.5, 0.6) is 0 Å². The van der Waals surface area contributed by atoms with E-state index >= 15 is 0 Å². The van der Waals surface area contributed by atoms with Crippen molar-refractivity contribution in [2.75, 3.05) is 19.8 Å². The van der Waals surface area contributed by atoms with Crippen LogP contribution in [0.25, 0.3) is 0 Å². The highest BCUT2D eigenvalue weighted by atomic mass is 35.5. The van der Waals surface area contributed by atoms with Gasteiger partial charge in [-0.3, -0.25) is 4.79 Å². The van der Waals surface area contributed by atoms with E-state index in [1.54, 1.807) is 0 Å². The first-order chi connectivity index (χ1) is 8.50. The summed E-state index contributed by atoms with van der Waals surface area (Å²) in [5, 5.41) is 13.0. The zero-order chi connectivity index (χ0) is 13.2. The molecule has 0 bridgehead atoms. The Kier molecular flexibility index (Phi) is 4.07. The van der Waals surface area contributed by atoms with Gasteiger partial charge in [-0.15, -0.1) is 0 Å². The lowest BCUT2D eigenvalue weighted by Gasteiger charge is -2.20. The van der Waals surface area contributed by atoms with Crippen LogP contribution in [0.3, 0.4) is 0 Å². The average Bonchev–Trinajstić information content (AvgIpc) is 2.77. The van der Waals surface area contributed by atoms with Gasteiger partial charge in [0.05, 0.1) is 17.2 Å². The van der Waals surface area contributed by atoms with Gasteiger partial charge in [0, 0.05) is 25.8 Å². The van der Waals surface area contributed by atoms with Crippen molar-refractivity contribution in [3.8, 4) is 0 Å². The van der Waals surface area contributed by atoms with E-state index in [0.29, 0.717) is 18.6 Å². The number of aromatic nitrogens is 1. The molecule has 7 heteroatoms. The Bertz CT molecular complexity index is 462. The van der Waals surface area contributed by atoms with E-state index in [-0.39, 0.29) is 29.2 Å². The summed E-state index contributed by atoms with van der Waals surface area (Å²) in [6, 6.07) is 1.43. The first kappa shape index (κ1) is 13.5. The summed E-state index contributed by atoms with van der Waals surface area (Å²) in [6.45, 7) is 0.861. The van der Waals surface area contributed by atoms with Gasteiger partial charge in [-0.05, 0) is 6.07 Å². The lowest BCUT2D eigenvalue weighted by atomic mass is 10.0. The molecule has 1 fully saturated rings. The van der Waals surface area contributed by atoms with Crippen molar-refractivity contribution in [1.29, 1.82) is 0 Å². The van der Waals surface area contributed by atoms with Gasteiger partial charge < -0.3 is 15.2 Å². The maximum absolute atomic E-state index is 11.8. The van der Waals surface area contributed by atoms with Gasteiger partial charge in [0.25, 0.3) is 5.91 Å². The second-order valence-electron chi connectivity index (χ2n) is 4.21. The van der Waals surface area contributed by atoms with E-state index in [1.807, 2.05) is 0 Å². The summed E-state index contributed by atoms with van der Waals surface area (Å²) in [6.07, 6.45) is 1.84. The molecule has 2 rings (SSSR count).